The van der Waals surface area contributed by atoms with E-state index in [0.29, 0.717) is 29.7 Å². The standard InChI is InChI=1S/C16H17F3N2O3/c17-16(18,19)24-12-4-3-11-6-14(20-13(11)7-12)15(23)21-5-1-2-10(8-21)9-22/h3-4,6-7,10,20,22H,1-2,5,8-9H2. The minimum Gasteiger partial charge on any atom is -0.406 e. The summed E-state index contributed by atoms with van der Waals surface area (Å²) in [6, 6.07) is 5.50. The molecule has 1 saturated heterocycles. The number of carbonyl (C=O) groups is 1. The number of aromatic nitrogens is 1. The minimum absolute atomic E-state index is 0.0363. The van der Waals surface area contributed by atoms with E-state index in [1.54, 1.807) is 11.0 Å². The van der Waals surface area contributed by atoms with E-state index in [1.807, 2.05) is 0 Å². The minimum atomic E-state index is -4.76. The smallest absolute Gasteiger partial charge is 0.406 e. The van der Waals surface area contributed by atoms with Crippen LogP contribution in [0.1, 0.15) is 23.3 Å². The van der Waals surface area contributed by atoms with Crippen LogP contribution in [0.4, 0.5) is 13.2 Å². The van der Waals surface area contributed by atoms with Crippen LogP contribution in [-0.4, -0.2) is 47.0 Å². The van der Waals surface area contributed by atoms with Gasteiger partial charge in [-0.3, -0.25) is 4.79 Å². The number of hydrogen-bond acceptors (Lipinski definition) is 3. The third-order valence-electron chi connectivity index (χ3n) is 4.12. The first-order valence-electron chi connectivity index (χ1n) is 7.64. The molecule has 0 radical (unpaired) electrons. The van der Waals surface area contributed by atoms with Gasteiger partial charge in [0.15, 0.2) is 0 Å². The number of carbonyl (C=O) groups excluding carboxylic acids is 1. The summed E-state index contributed by atoms with van der Waals surface area (Å²) in [5, 5.41) is 9.88. The number of H-pyrrole nitrogens is 1. The van der Waals surface area contributed by atoms with E-state index in [1.165, 1.54) is 18.2 Å². The monoisotopic (exact) mass is 342 g/mol. The molecular formula is C16H17F3N2O3. The van der Waals surface area contributed by atoms with Gasteiger partial charge in [0.2, 0.25) is 0 Å². The second-order valence-corrected chi connectivity index (χ2v) is 5.92. The van der Waals surface area contributed by atoms with Crippen LogP contribution in [0.3, 0.4) is 0 Å². The fraction of sp³-hybridized carbons (Fsp3) is 0.438. The van der Waals surface area contributed by atoms with Crippen LogP contribution in [0.25, 0.3) is 10.9 Å². The molecule has 1 aliphatic heterocycles. The van der Waals surface area contributed by atoms with E-state index in [9.17, 15) is 23.1 Å². The van der Waals surface area contributed by atoms with Crippen molar-refractivity contribution in [2.75, 3.05) is 19.7 Å². The molecule has 2 N–H and O–H groups in total. The number of nitrogens with zero attached hydrogens (tertiary/aromatic N) is 1. The van der Waals surface area contributed by atoms with Crippen LogP contribution in [0.5, 0.6) is 5.75 Å². The molecule has 1 fully saturated rings. The molecule has 0 bridgehead atoms. The first-order valence-corrected chi connectivity index (χ1v) is 7.64. The Morgan fingerprint density at radius 1 is 1.38 bits per heavy atom. The molecule has 130 valence electrons. The van der Waals surface area contributed by atoms with Crippen LogP contribution in [-0.2, 0) is 0 Å². The SMILES string of the molecule is O=C(c1cc2ccc(OC(F)(F)F)cc2[nH]1)N1CCCC(CO)C1. The van der Waals surface area contributed by atoms with Crippen molar-refractivity contribution in [1.29, 1.82) is 0 Å². The van der Waals surface area contributed by atoms with Gasteiger partial charge in [-0.2, -0.15) is 0 Å². The number of aliphatic hydroxyl groups excluding tert-OH is 1. The second kappa shape index (κ2) is 6.35. The first-order chi connectivity index (χ1) is 11.4. The number of fused-ring (bicyclic) bond motifs is 1. The van der Waals surface area contributed by atoms with Crippen molar-refractivity contribution >= 4 is 16.8 Å². The van der Waals surface area contributed by atoms with Crippen LogP contribution in [0.2, 0.25) is 0 Å². The Bertz CT molecular complexity index is 742. The van der Waals surface area contributed by atoms with Gasteiger partial charge >= 0.3 is 6.36 Å². The van der Waals surface area contributed by atoms with Crippen molar-refractivity contribution in [1.82, 2.24) is 9.88 Å². The molecule has 1 aromatic heterocycles. The number of piperidine rings is 1. The molecule has 1 amide bonds. The predicted molar refractivity (Wildman–Crippen MR) is 80.7 cm³/mol. The highest BCUT2D eigenvalue weighted by atomic mass is 19.4. The summed E-state index contributed by atoms with van der Waals surface area (Å²) in [5.74, 6) is -0.490. The maximum Gasteiger partial charge on any atom is 0.573 e. The van der Waals surface area contributed by atoms with Crippen molar-refractivity contribution < 1.29 is 27.8 Å². The average Bonchev–Trinajstić information content (AvgIpc) is 2.95. The van der Waals surface area contributed by atoms with Gasteiger partial charge < -0.3 is 19.7 Å². The van der Waals surface area contributed by atoms with Gasteiger partial charge in [-0.1, -0.05) is 0 Å². The lowest BCUT2D eigenvalue weighted by molar-refractivity contribution is -0.274. The molecule has 24 heavy (non-hydrogen) atoms. The summed E-state index contributed by atoms with van der Waals surface area (Å²) >= 11 is 0. The van der Waals surface area contributed by atoms with Crippen molar-refractivity contribution in [3.8, 4) is 5.75 Å². The number of nitrogens with one attached hydrogen (secondary N) is 1. The summed E-state index contributed by atoms with van der Waals surface area (Å²) in [6.07, 6.45) is -3.06. The lowest BCUT2D eigenvalue weighted by Gasteiger charge is -2.31. The first kappa shape index (κ1) is 16.6. The van der Waals surface area contributed by atoms with Crippen LogP contribution in [0.15, 0.2) is 24.3 Å². The van der Waals surface area contributed by atoms with Crippen LogP contribution < -0.4 is 4.74 Å². The Morgan fingerprint density at radius 2 is 2.17 bits per heavy atom. The van der Waals surface area contributed by atoms with Gasteiger partial charge in [0.05, 0.1) is 0 Å². The fourth-order valence-corrected chi connectivity index (χ4v) is 2.99. The molecular weight excluding hydrogens is 325 g/mol. The van der Waals surface area contributed by atoms with Gasteiger partial charge in [-0.05, 0) is 37.0 Å². The molecule has 0 spiro atoms. The number of benzene rings is 1. The van der Waals surface area contributed by atoms with E-state index in [0.717, 1.165) is 12.8 Å². The van der Waals surface area contributed by atoms with Gasteiger partial charge in [-0.25, -0.2) is 0 Å². The molecule has 8 heteroatoms. The molecule has 1 aliphatic rings. The number of ether oxygens (including phenoxy) is 1. The van der Waals surface area contributed by atoms with Gasteiger partial charge in [0, 0.05) is 36.7 Å². The Labute approximate surface area is 136 Å². The van der Waals surface area contributed by atoms with Crippen LogP contribution in [0, 0.1) is 5.92 Å². The molecule has 0 aliphatic carbocycles. The topological polar surface area (TPSA) is 65.6 Å². The third kappa shape index (κ3) is 3.64. The zero-order valence-electron chi connectivity index (χ0n) is 12.8. The zero-order valence-corrected chi connectivity index (χ0v) is 12.8. The molecule has 5 nitrogen and oxygen atoms in total. The number of aliphatic hydroxyl groups is 1. The summed E-state index contributed by atoms with van der Waals surface area (Å²) < 4.78 is 40.7. The van der Waals surface area contributed by atoms with E-state index < -0.39 is 6.36 Å². The normalized spacial score (nSPS) is 18.8. The van der Waals surface area contributed by atoms with Crippen molar-refractivity contribution in [3.63, 3.8) is 0 Å². The Kier molecular flexibility index (Phi) is 4.40. The molecule has 2 aromatic rings. The highest BCUT2D eigenvalue weighted by Gasteiger charge is 2.31. The van der Waals surface area contributed by atoms with Gasteiger partial charge in [0.1, 0.15) is 11.4 Å². The number of aromatic amines is 1. The largest absolute Gasteiger partial charge is 0.573 e. The van der Waals surface area contributed by atoms with E-state index in [4.69, 9.17) is 0 Å². The molecule has 1 atom stereocenters. The third-order valence-corrected chi connectivity index (χ3v) is 4.12. The average molecular weight is 342 g/mol. The van der Waals surface area contributed by atoms with E-state index in [-0.39, 0.29) is 24.2 Å². The number of likely N-dealkylation sites (tertiary alicyclic amines) is 1. The fourth-order valence-electron chi connectivity index (χ4n) is 2.99. The Hall–Kier alpha value is -2.22. The number of halogens is 3. The summed E-state index contributed by atoms with van der Waals surface area (Å²) in [4.78, 5) is 17.1. The number of alkyl halides is 3. The quantitative estimate of drug-likeness (QED) is 0.901. The molecule has 1 aromatic carbocycles. The van der Waals surface area contributed by atoms with Gasteiger partial charge in [0.25, 0.3) is 5.91 Å². The molecule has 1 unspecified atom stereocenters. The summed E-state index contributed by atoms with van der Waals surface area (Å²) in [7, 11) is 0. The molecule has 0 saturated carbocycles. The Morgan fingerprint density at radius 3 is 2.88 bits per heavy atom. The van der Waals surface area contributed by atoms with Crippen molar-refractivity contribution in [2.24, 2.45) is 5.92 Å². The predicted octanol–water partition coefficient (Wildman–Crippen LogP) is 2.91. The summed E-state index contributed by atoms with van der Waals surface area (Å²) in [5.41, 5.74) is 0.712. The van der Waals surface area contributed by atoms with Gasteiger partial charge in [-0.15, -0.1) is 13.2 Å². The summed E-state index contributed by atoms with van der Waals surface area (Å²) in [6.45, 7) is 1.12. The lowest BCUT2D eigenvalue weighted by atomic mass is 9.99. The lowest BCUT2D eigenvalue weighted by Crippen LogP contribution is -2.41. The van der Waals surface area contributed by atoms with Crippen molar-refractivity contribution in [3.05, 3.63) is 30.0 Å². The van der Waals surface area contributed by atoms with Crippen LogP contribution >= 0.6 is 0 Å². The highest BCUT2D eigenvalue weighted by Crippen LogP contribution is 2.27. The van der Waals surface area contributed by atoms with E-state index >= 15 is 0 Å². The number of rotatable bonds is 3. The van der Waals surface area contributed by atoms with Crippen molar-refractivity contribution in [2.45, 2.75) is 19.2 Å². The highest BCUT2D eigenvalue weighted by molar-refractivity contribution is 5.98. The number of amides is 1. The zero-order chi connectivity index (χ0) is 17.3. The Balaban J connectivity index is 1.81. The molecule has 2 heterocycles. The number of hydrogen-bond donors (Lipinski definition) is 2. The maximum atomic E-state index is 12.5. The van der Waals surface area contributed by atoms with E-state index in [2.05, 4.69) is 9.72 Å². The maximum absolute atomic E-state index is 12.5. The molecule has 3 rings (SSSR count). The second-order valence-electron chi connectivity index (χ2n) is 5.92.